The van der Waals surface area contributed by atoms with Gasteiger partial charge in [0.25, 0.3) is 0 Å². The van der Waals surface area contributed by atoms with Crippen LogP contribution in [0.1, 0.15) is 24.3 Å². The molecule has 0 radical (unpaired) electrons. The van der Waals surface area contributed by atoms with Crippen molar-refractivity contribution >= 4 is 0 Å². The van der Waals surface area contributed by atoms with E-state index >= 15 is 0 Å². The van der Waals surface area contributed by atoms with Crippen molar-refractivity contribution in [1.82, 2.24) is 10.3 Å². The molecule has 0 spiro atoms. The van der Waals surface area contributed by atoms with E-state index in [0.29, 0.717) is 6.54 Å². The van der Waals surface area contributed by atoms with Crippen molar-refractivity contribution in [3.05, 3.63) is 29.6 Å². The fraction of sp³-hybridized carbons (Fsp3) is 0.500. The van der Waals surface area contributed by atoms with E-state index in [1.165, 1.54) is 0 Å². The summed E-state index contributed by atoms with van der Waals surface area (Å²) in [5.41, 5.74) is 0.187. The Morgan fingerprint density at radius 3 is 2.57 bits per heavy atom. The van der Waals surface area contributed by atoms with Crippen LogP contribution in [0.25, 0.3) is 0 Å². The zero-order chi connectivity index (χ0) is 9.97. The van der Waals surface area contributed by atoms with Crippen LogP contribution < -0.4 is 5.32 Å². The molecule has 2 heterocycles. The van der Waals surface area contributed by atoms with Gasteiger partial charge in [0.2, 0.25) is 0 Å². The van der Waals surface area contributed by atoms with E-state index in [-0.39, 0.29) is 11.5 Å². The van der Waals surface area contributed by atoms with Crippen molar-refractivity contribution in [2.75, 3.05) is 13.1 Å². The average molecular weight is 198 g/mol. The first kappa shape index (κ1) is 9.52. The summed E-state index contributed by atoms with van der Waals surface area (Å²) < 4.78 is 26.6. The van der Waals surface area contributed by atoms with Crippen LogP contribution in [-0.4, -0.2) is 18.1 Å². The highest BCUT2D eigenvalue weighted by atomic mass is 19.1. The predicted octanol–water partition coefficient (Wildman–Crippen LogP) is 1.83. The van der Waals surface area contributed by atoms with Crippen LogP contribution in [0.4, 0.5) is 8.78 Å². The van der Waals surface area contributed by atoms with Gasteiger partial charge in [0.15, 0.2) is 0 Å². The summed E-state index contributed by atoms with van der Waals surface area (Å²) >= 11 is 0. The number of piperidine rings is 1. The minimum absolute atomic E-state index is 0.0493. The molecule has 2 rings (SSSR count). The van der Waals surface area contributed by atoms with Gasteiger partial charge in [0.1, 0.15) is 11.6 Å². The first-order valence-corrected chi connectivity index (χ1v) is 4.78. The Morgan fingerprint density at radius 2 is 2.00 bits per heavy atom. The van der Waals surface area contributed by atoms with Crippen LogP contribution >= 0.6 is 0 Å². The molecule has 1 N–H and O–H groups in total. The summed E-state index contributed by atoms with van der Waals surface area (Å²) in [5.74, 6) is -1.11. The van der Waals surface area contributed by atoms with Gasteiger partial charge in [-0.15, -0.1) is 0 Å². The van der Waals surface area contributed by atoms with Crippen LogP contribution in [0.5, 0.6) is 0 Å². The van der Waals surface area contributed by atoms with E-state index in [1.807, 2.05) is 0 Å². The number of nitrogens with zero attached hydrogens (tertiary/aromatic N) is 1. The molecule has 76 valence electrons. The molecule has 0 aliphatic carbocycles. The second kappa shape index (κ2) is 4.00. The molecule has 0 amide bonds. The van der Waals surface area contributed by atoms with E-state index in [9.17, 15) is 8.78 Å². The minimum Gasteiger partial charge on any atom is -0.316 e. The Bertz CT molecular complexity index is 302. The Kier molecular flexibility index (Phi) is 2.72. The molecule has 1 aromatic rings. The second-order valence-corrected chi connectivity index (χ2v) is 3.56. The lowest BCUT2D eigenvalue weighted by Crippen LogP contribution is -2.29. The molecule has 1 fully saturated rings. The monoisotopic (exact) mass is 198 g/mol. The summed E-state index contributed by atoms with van der Waals surface area (Å²) in [6.45, 7) is 1.59. The van der Waals surface area contributed by atoms with Crippen molar-refractivity contribution in [3.63, 3.8) is 0 Å². The lowest BCUT2D eigenvalue weighted by molar-refractivity contribution is 0.426. The maximum Gasteiger partial charge on any atom is 0.147 e. The highest BCUT2D eigenvalue weighted by Crippen LogP contribution is 2.26. The lowest BCUT2D eigenvalue weighted by Gasteiger charge is -2.23. The standard InChI is InChI=1S/C10H12F2N2/c11-8-5-14-6-9(12)10(8)7-2-1-3-13-4-7/h5-7,13H,1-4H2. The maximum absolute atomic E-state index is 13.3. The van der Waals surface area contributed by atoms with Crippen molar-refractivity contribution < 1.29 is 8.78 Å². The average Bonchev–Trinajstić information content (AvgIpc) is 2.19. The molecule has 1 aliphatic heterocycles. The molecular weight excluding hydrogens is 186 g/mol. The van der Waals surface area contributed by atoms with Gasteiger partial charge in [-0.05, 0) is 19.4 Å². The van der Waals surface area contributed by atoms with Crippen LogP contribution in [0.2, 0.25) is 0 Å². The zero-order valence-electron chi connectivity index (χ0n) is 7.76. The molecule has 0 saturated carbocycles. The fourth-order valence-electron chi connectivity index (χ4n) is 1.91. The molecule has 1 atom stereocenters. The van der Waals surface area contributed by atoms with Gasteiger partial charge in [-0.25, -0.2) is 8.78 Å². The van der Waals surface area contributed by atoms with Gasteiger partial charge in [-0.3, -0.25) is 4.98 Å². The lowest BCUT2D eigenvalue weighted by atomic mass is 9.92. The third-order valence-corrected chi connectivity index (χ3v) is 2.60. The van der Waals surface area contributed by atoms with E-state index < -0.39 is 11.6 Å². The maximum atomic E-state index is 13.3. The Balaban J connectivity index is 2.29. The Labute approximate surface area is 81.4 Å². The molecule has 1 unspecified atom stereocenters. The fourth-order valence-corrected chi connectivity index (χ4v) is 1.91. The van der Waals surface area contributed by atoms with Crippen molar-refractivity contribution in [1.29, 1.82) is 0 Å². The Morgan fingerprint density at radius 1 is 1.29 bits per heavy atom. The molecule has 0 bridgehead atoms. The molecule has 1 saturated heterocycles. The number of aromatic nitrogens is 1. The molecule has 1 aromatic heterocycles. The van der Waals surface area contributed by atoms with E-state index in [4.69, 9.17) is 0 Å². The highest BCUT2D eigenvalue weighted by Gasteiger charge is 2.22. The number of halogens is 2. The second-order valence-electron chi connectivity index (χ2n) is 3.56. The molecule has 0 aromatic carbocycles. The topological polar surface area (TPSA) is 24.9 Å². The highest BCUT2D eigenvalue weighted by molar-refractivity contribution is 5.21. The van der Waals surface area contributed by atoms with Gasteiger partial charge >= 0.3 is 0 Å². The number of hydrogen-bond donors (Lipinski definition) is 1. The third kappa shape index (κ3) is 1.75. The first-order valence-electron chi connectivity index (χ1n) is 4.78. The number of hydrogen-bond acceptors (Lipinski definition) is 2. The molecular formula is C10H12F2N2. The summed E-state index contributed by atoms with van der Waals surface area (Å²) in [6, 6.07) is 0. The summed E-state index contributed by atoms with van der Waals surface area (Å²) in [7, 11) is 0. The van der Waals surface area contributed by atoms with E-state index in [0.717, 1.165) is 31.8 Å². The molecule has 2 nitrogen and oxygen atoms in total. The van der Waals surface area contributed by atoms with E-state index in [1.54, 1.807) is 0 Å². The largest absolute Gasteiger partial charge is 0.316 e. The number of nitrogens with one attached hydrogen (secondary N) is 1. The van der Waals surface area contributed by atoms with Crippen LogP contribution in [0.3, 0.4) is 0 Å². The minimum atomic E-state index is -0.529. The molecule has 14 heavy (non-hydrogen) atoms. The van der Waals surface area contributed by atoms with Crippen LogP contribution in [-0.2, 0) is 0 Å². The Hall–Kier alpha value is -1.03. The van der Waals surface area contributed by atoms with Crippen LogP contribution in [0, 0.1) is 11.6 Å². The van der Waals surface area contributed by atoms with Gasteiger partial charge < -0.3 is 5.32 Å². The number of rotatable bonds is 1. The van der Waals surface area contributed by atoms with Gasteiger partial charge in [0.05, 0.1) is 12.4 Å². The van der Waals surface area contributed by atoms with Gasteiger partial charge in [-0.1, -0.05) is 0 Å². The normalized spacial score (nSPS) is 22.3. The van der Waals surface area contributed by atoms with Crippen molar-refractivity contribution in [3.8, 4) is 0 Å². The van der Waals surface area contributed by atoms with Crippen LogP contribution in [0.15, 0.2) is 12.4 Å². The van der Waals surface area contributed by atoms with Crippen molar-refractivity contribution in [2.45, 2.75) is 18.8 Å². The number of pyridine rings is 1. The predicted molar refractivity (Wildman–Crippen MR) is 49.0 cm³/mol. The van der Waals surface area contributed by atoms with Gasteiger partial charge in [0, 0.05) is 18.0 Å². The summed E-state index contributed by atoms with van der Waals surface area (Å²) in [5, 5.41) is 3.13. The van der Waals surface area contributed by atoms with E-state index in [2.05, 4.69) is 10.3 Å². The smallest absolute Gasteiger partial charge is 0.147 e. The SMILES string of the molecule is Fc1cncc(F)c1C1CCCNC1. The van der Waals surface area contributed by atoms with Crippen molar-refractivity contribution in [2.24, 2.45) is 0 Å². The zero-order valence-corrected chi connectivity index (χ0v) is 7.76. The summed E-state index contributed by atoms with van der Waals surface area (Å²) in [6.07, 6.45) is 3.96. The quantitative estimate of drug-likeness (QED) is 0.744. The first-order chi connectivity index (χ1) is 6.79. The van der Waals surface area contributed by atoms with Gasteiger partial charge in [-0.2, -0.15) is 0 Å². The summed E-state index contributed by atoms with van der Waals surface area (Å²) in [4.78, 5) is 3.47. The molecule has 4 heteroatoms. The molecule has 1 aliphatic rings. The third-order valence-electron chi connectivity index (χ3n) is 2.60.